The van der Waals surface area contributed by atoms with Gasteiger partial charge in [0.1, 0.15) is 11.6 Å². The molecule has 0 radical (unpaired) electrons. The summed E-state index contributed by atoms with van der Waals surface area (Å²) in [6.07, 6.45) is 0. The van der Waals surface area contributed by atoms with Crippen LogP contribution in [0.4, 0.5) is 11.8 Å². The van der Waals surface area contributed by atoms with Crippen LogP contribution in [0.5, 0.6) is 11.6 Å². The van der Waals surface area contributed by atoms with Crippen LogP contribution in [0.2, 0.25) is 0 Å². The van der Waals surface area contributed by atoms with E-state index in [0.717, 1.165) is 11.3 Å². The maximum absolute atomic E-state index is 5.61. The molecule has 2 aromatic rings. The lowest BCUT2D eigenvalue weighted by Gasteiger charge is -2.09. The smallest absolute Gasteiger partial charge is 0.225 e. The van der Waals surface area contributed by atoms with Crippen molar-refractivity contribution in [2.45, 2.75) is 13.5 Å². The van der Waals surface area contributed by atoms with Crippen LogP contribution >= 0.6 is 0 Å². The maximum atomic E-state index is 5.61. The van der Waals surface area contributed by atoms with Gasteiger partial charge in [-0.1, -0.05) is 12.1 Å². The molecule has 0 atom stereocenters. The predicted molar refractivity (Wildman–Crippen MR) is 77.9 cm³/mol. The van der Waals surface area contributed by atoms with E-state index in [1.54, 1.807) is 6.07 Å². The molecule has 106 valence electrons. The van der Waals surface area contributed by atoms with Crippen molar-refractivity contribution in [3.05, 3.63) is 35.9 Å². The molecule has 0 aliphatic rings. The van der Waals surface area contributed by atoms with Gasteiger partial charge in [-0.3, -0.25) is 0 Å². The van der Waals surface area contributed by atoms with Gasteiger partial charge in [0.05, 0.1) is 13.7 Å². The Hall–Kier alpha value is -2.50. The fourth-order valence-electron chi connectivity index (χ4n) is 1.74. The third-order valence-electron chi connectivity index (χ3n) is 2.61. The second-order valence-electron chi connectivity index (χ2n) is 4.09. The Morgan fingerprint density at radius 2 is 2.10 bits per heavy atom. The highest BCUT2D eigenvalue weighted by molar-refractivity contribution is 5.43. The van der Waals surface area contributed by atoms with Crippen molar-refractivity contribution in [2.24, 2.45) is 0 Å². The Morgan fingerprint density at radius 3 is 2.85 bits per heavy atom. The Labute approximate surface area is 118 Å². The topological polar surface area (TPSA) is 82.3 Å². The molecule has 0 unspecified atom stereocenters. The van der Waals surface area contributed by atoms with Crippen LogP contribution < -0.4 is 20.5 Å². The Bertz CT molecular complexity index is 575. The highest BCUT2D eigenvalue weighted by atomic mass is 16.5. The number of hydrogen-bond donors (Lipinski definition) is 2. The molecule has 3 N–H and O–H groups in total. The lowest BCUT2D eigenvalue weighted by molar-refractivity contribution is 0.340. The van der Waals surface area contributed by atoms with E-state index in [9.17, 15) is 0 Å². The average Bonchev–Trinajstić information content (AvgIpc) is 2.45. The van der Waals surface area contributed by atoms with E-state index >= 15 is 0 Å². The minimum Gasteiger partial charge on any atom is -0.494 e. The molecule has 0 fully saturated rings. The van der Waals surface area contributed by atoms with Gasteiger partial charge < -0.3 is 20.5 Å². The normalized spacial score (nSPS) is 10.1. The van der Waals surface area contributed by atoms with Gasteiger partial charge in [0, 0.05) is 12.6 Å². The van der Waals surface area contributed by atoms with E-state index in [1.807, 2.05) is 31.2 Å². The van der Waals surface area contributed by atoms with Crippen molar-refractivity contribution in [2.75, 3.05) is 24.8 Å². The molecule has 2 rings (SSSR count). The van der Waals surface area contributed by atoms with E-state index in [1.165, 1.54) is 7.11 Å². The number of benzene rings is 1. The lowest BCUT2D eigenvalue weighted by Crippen LogP contribution is -2.05. The number of anilines is 2. The third-order valence-corrected chi connectivity index (χ3v) is 2.61. The van der Waals surface area contributed by atoms with Gasteiger partial charge in [0.25, 0.3) is 0 Å². The summed E-state index contributed by atoms with van der Waals surface area (Å²) in [5.41, 5.74) is 6.70. The number of rotatable bonds is 6. The molecule has 0 amide bonds. The van der Waals surface area contributed by atoms with E-state index in [4.69, 9.17) is 15.2 Å². The molecule has 0 aliphatic carbocycles. The predicted octanol–water partition coefficient (Wildman–Crippen LogP) is 2.08. The second-order valence-corrected chi connectivity index (χ2v) is 4.09. The van der Waals surface area contributed by atoms with Crippen molar-refractivity contribution in [3.8, 4) is 11.6 Å². The quantitative estimate of drug-likeness (QED) is 0.839. The number of ether oxygens (including phenoxy) is 2. The van der Waals surface area contributed by atoms with E-state index in [0.29, 0.717) is 24.8 Å². The number of nitrogens with two attached hydrogens (primary N) is 1. The van der Waals surface area contributed by atoms with Crippen LogP contribution in [0, 0.1) is 0 Å². The standard InChI is InChI=1S/C14H18N4O2/c1-3-20-11-6-4-5-10(7-11)9-16-12-8-13(19-2)18-14(15)17-12/h4-8H,3,9H2,1-2H3,(H3,15,16,17,18). The minimum atomic E-state index is 0.176. The third kappa shape index (κ3) is 3.74. The molecule has 0 spiro atoms. The van der Waals surface area contributed by atoms with Crippen molar-refractivity contribution in [3.63, 3.8) is 0 Å². The van der Waals surface area contributed by atoms with Crippen molar-refractivity contribution < 1.29 is 9.47 Å². The van der Waals surface area contributed by atoms with Crippen molar-refractivity contribution in [1.29, 1.82) is 0 Å². The lowest BCUT2D eigenvalue weighted by atomic mass is 10.2. The summed E-state index contributed by atoms with van der Waals surface area (Å²) in [7, 11) is 1.54. The van der Waals surface area contributed by atoms with Gasteiger partial charge in [0.2, 0.25) is 11.8 Å². The van der Waals surface area contributed by atoms with Crippen molar-refractivity contribution in [1.82, 2.24) is 9.97 Å². The zero-order chi connectivity index (χ0) is 14.4. The first-order valence-corrected chi connectivity index (χ1v) is 6.35. The number of methoxy groups -OCH3 is 1. The summed E-state index contributed by atoms with van der Waals surface area (Å²) < 4.78 is 10.5. The largest absolute Gasteiger partial charge is 0.494 e. The molecular weight excluding hydrogens is 256 g/mol. The first-order chi connectivity index (χ1) is 9.71. The molecule has 1 aromatic heterocycles. The summed E-state index contributed by atoms with van der Waals surface area (Å²) in [5, 5.41) is 3.18. The number of aromatic nitrogens is 2. The Morgan fingerprint density at radius 1 is 1.25 bits per heavy atom. The number of nitrogens with one attached hydrogen (secondary N) is 1. The number of nitrogens with zero attached hydrogens (tertiary/aromatic N) is 2. The SMILES string of the molecule is CCOc1cccc(CNc2cc(OC)nc(N)n2)c1. The summed E-state index contributed by atoms with van der Waals surface area (Å²) in [5.74, 6) is 2.08. The minimum absolute atomic E-state index is 0.176. The Kier molecular flexibility index (Phi) is 4.60. The first-order valence-electron chi connectivity index (χ1n) is 6.35. The molecule has 1 aromatic carbocycles. The van der Waals surface area contributed by atoms with Gasteiger partial charge in [0.15, 0.2) is 0 Å². The van der Waals surface area contributed by atoms with Crippen LogP contribution in [0.1, 0.15) is 12.5 Å². The molecule has 0 bridgehead atoms. The molecule has 6 nitrogen and oxygen atoms in total. The molecule has 0 aliphatic heterocycles. The van der Waals surface area contributed by atoms with Crippen LogP contribution in [0.25, 0.3) is 0 Å². The Balaban J connectivity index is 2.04. The van der Waals surface area contributed by atoms with Gasteiger partial charge in [-0.2, -0.15) is 9.97 Å². The monoisotopic (exact) mass is 274 g/mol. The average molecular weight is 274 g/mol. The maximum Gasteiger partial charge on any atom is 0.225 e. The molecule has 0 saturated carbocycles. The van der Waals surface area contributed by atoms with Crippen LogP contribution in [-0.4, -0.2) is 23.7 Å². The fraction of sp³-hybridized carbons (Fsp3) is 0.286. The van der Waals surface area contributed by atoms with E-state index in [-0.39, 0.29) is 5.95 Å². The van der Waals surface area contributed by atoms with Crippen LogP contribution in [-0.2, 0) is 6.54 Å². The highest BCUT2D eigenvalue weighted by Crippen LogP contribution is 2.17. The zero-order valence-electron chi connectivity index (χ0n) is 11.6. The van der Waals surface area contributed by atoms with E-state index < -0.39 is 0 Å². The number of hydrogen-bond acceptors (Lipinski definition) is 6. The van der Waals surface area contributed by atoms with Crippen molar-refractivity contribution >= 4 is 11.8 Å². The molecule has 20 heavy (non-hydrogen) atoms. The van der Waals surface area contributed by atoms with Gasteiger partial charge in [-0.05, 0) is 24.6 Å². The molecule has 1 heterocycles. The number of nitrogen functional groups attached to an aromatic ring is 1. The zero-order valence-corrected chi connectivity index (χ0v) is 11.6. The summed E-state index contributed by atoms with van der Waals surface area (Å²) in [6, 6.07) is 9.58. The van der Waals surface area contributed by atoms with Gasteiger partial charge in [-0.15, -0.1) is 0 Å². The van der Waals surface area contributed by atoms with Crippen LogP contribution in [0.15, 0.2) is 30.3 Å². The van der Waals surface area contributed by atoms with Crippen LogP contribution in [0.3, 0.4) is 0 Å². The molecule has 6 heteroatoms. The summed E-state index contributed by atoms with van der Waals surface area (Å²) >= 11 is 0. The van der Waals surface area contributed by atoms with E-state index in [2.05, 4.69) is 15.3 Å². The fourth-order valence-corrected chi connectivity index (χ4v) is 1.74. The first kappa shape index (κ1) is 13.9. The summed E-state index contributed by atoms with van der Waals surface area (Å²) in [6.45, 7) is 3.22. The van der Waals surface area contributed by atoms with Gasteiger partial charge in [-0.25, -0.2) is 0 Å². The van der Waals surface area contributed by atoms with Gasteiger partial charge >= 0.3 is 0 Å². The summed E-state index contributed by atoms with van der Waals surface area (Å²) in [4.78, 5) is 8.03. The molecule has 0 saturated heterocycles. The molecular formula is C14H18N4O2. The second kappa shape index (κ2) is 6.60. The highest BCUT2D eigenvalue weighted by Gasteiger charge is 2.03.